The standard InChI is InChI=1S/C21H39N3O3.HI/c1-3-26-20(25)18-11-10-15-24(17-18)21(22-2)23-14-8-9-16-27-19-12-6-4-5-7-13-19;/h18-19H,3-17H2,1-2H3,(H,22,23);1H. The van der Waals surface area contributed by atoms with Gasteiger partial charge in [0.05, 0.1) is 18.6 Å². The summed E-state index contributed by atoms with van der Waals surface area (Å²) in [6.07, 6.45) is 12.4. The molecule has 1 unspecified atom stereocenters. The number of nitrogens with one attached hydrogen (secondary N) is 1. The number of halogens is 1. The van der Waals surface area contributed by atoms with Crippen LogP contribution >= 0.6 is 24.0 Å². The van der Waals surface area contributed by atoms with Gasteiger partial charge in [-0.05, 0) is 45.4 Å². The van der Waals surface area contributed by atoms with Crippen LogP contribution < -0.4 is 5.32 Å². The molecular weight excluding hydrogens is 469 g/mol. The number of likely N-dealkylation sites (tertiary alicyclic amines) is 1. The number of esters is 1. The van der Waals surface area contributed by atoms with E-state index in [1.54, 1.807) is 0 Å². The van der Waals surface area contributed by atoms with Crippen molar-refractivity contribution in [2.75, 3.05) is 39.9 Å². The van der Waals surface area contributed by atoms with Crippen LogP contribution in [0.1, 0.15) is 71.1 Å². The maximum Gasteiger partial charge on any atom is 0.310 e. The number of carbonyl (C=O) groups is 1. The van der Waals surface area contributed by atoms with Crippen LogP contribution in [0.2, 0.25) is 0 Å². The zero-order chi connectivity index (χ0) is 19.3. The highest BCUT2D eigenvalue weighted by molar-refractivity contribution is 14.0. The van der Waals surface area contributed by atoms with E-state index in [4.69, 9.17) is 9.47 Å². The van der Waals surface area contributed by atoms with Crippen LogP contribution in [0.4, 0.5) is 0 Å². The van der Waals surface area contributed by atoms with E-state index in [-0.39, 0.29) is 35.9 Å². The molecule has 1 aliphatic heterocycles. The first-order chi connectivity index (χ1) is 13.2. The lowest BCUT2D eigenvalue weighted by Gasteiger charge is -2.34. The van der Waals surface area contributed by atoms with Crippen molar-refractivity contribution in [2.45, 2.75) is 77.2 Å². The van der Waals surface area contributed by atoms with Crippen LogP contribution in [-0.2, 0) is 14.3 Å². The van der Waals surface area contributed by atoms with Crippen LogP contribution in [0.3, 0.4) is 0 Å². The third-order valence-electron chi connectivity index (χ3n) is 5.56. The molecule has 0 radical (unpaired) electrons. The number of piperidine rings is 1. The van der Waals surface area contributed by atoms with E-state index in [1.165, 1.54) is 38.5 Å². The Morgan fingerprint density at radius 3 is 2.54 bits per heavy atom. The average molecular weight is 509 g/mol. The molecule has 1 atom stereocenters. The molecule has 1 saturated heterocycles. The van der Waals surface area contributed by atoms with Crippen LogP contribution in [0.25, 0.3) is 0 Å². The number of aliphatic imine (C=N–C) groups is 1. The summed E-state index contributed by atoms with van der Waals surface area (Å²) in [4.78, 5) is 18.6. The Labute approximate surface area is 188 Å². The van der Waals surface area contributed by atoms with Gasteiger partial charge >= 0.3 is 5.97 Å². The Morgan fingerprint density at radius 1 is 1.11 bits per heavy atom. The molecule has 0 aromatic carbocycles. The number of rotatable bonds is 8. The summed E-state index contributed by atoms with van der Waals surface area (Å²) in [5.41, 5.74) is 0. The lowest BCUT2D eigenvalue weighted by Crippen LogP contribution is -2.48. The number of unbranched alkanes of at least 4 members (excludes halogenated alkanes) is 1. The van der Waals surface area contributed by atoms with Crippen LogP contribution in [0.15, 0.2) is 4.99 Å². The van der Waals surface area contributed by atoms with Gasteiger partial charge in [0.1, 0.15) is 0 Å². The van der Waals surface area contributed by atoms with Crippen LogP contribution in [-0.4, -0.2) is 62.8 Å². The van der Waals surface area contributed by atoms with E-state index in [9.17, 15) is 4.79 Å². The molecule has 28 heavy (non-hydrogen) atoms. The van der Waals surface area contributed by atoms with Crippen molar-refractivity contribution >= 4 is 35.9 Å². The Hall–Kier alpha value is -0.570. The summed E-state index contributed by atoms with van der Waals surface area (Å²) in [5.74, 6) is 0.784. The Bertz CT molecular complexity index is 454. The maximum atomic E-state index is 12.0. The second-order valence-electron chi connectivity index (χ2n) is 7.70. The second kappa shape index (κ2) is 15.3. The van der Waals surface area contributed by atoms with Crippen molar-refractivity contribution in [1.82, 2.24) is 10.2 Å². The lowest BCUT2D eigenvalue weighted by molar-refractivity contribution is -0.149. The van der Waals surface area contributed by atoms with Crippen molar-refractivity contribution in [3.63, 3.8) is 0 Å². The minimum atomic E-state index is -0.0756. The summed E-state index contributed by atoms with van der Waals surface area (Å²) in [5, 5.41) is 3.45. The number of nitrogens with zero attached hydrogens (tertiary/aromatic N) is 2. The Kier molecular flexibility index (Phi) is 13.9. The van der Waals surface area contributed by atoms with E-state index in [2.05, 4.69) is 15.2 Å². The maximum absolute atomic E-state index is 12.0. The Morgan fingerprint density at radius 2 is 1.86 bits per heavy atom. The van der Waals surface area contributed by atoms with Crippen molar-refractivity contribution in [1.29, 1.82) is 0 Å². The molecular formula is C21H40IN3O3. The number of ether oxygens (including phenoxy) is 2. The van der Waals surface area contributed by atoms with Gasteiger partial charge in [0.25, 0.3) is 0 Å². The van der Waals surface area contributed by atoms with Crippen molar-refractivity contribution in [3.05, 3.63) is 0 Å². The van der Waals surface area contributed by atoms with E-state index in [0.29, 0.717) is 19.3 Å². The zero-order valence-corrected chi connectivity index (χ0v) is 20.1. The van der Waals surface area contributed by atoms with Gasteiger partial charge in [0, 0.05) is 33.3 Å². The van der Waals surface area contributed by atoms with Gasteiger partial charge < -0.3 is 19.7 Å². The highest BCUT2D eigenvalue weighted by Gasteiger charge is 2.28. The molecule has 0 bridgehead atoms. The van der Waals surface area contributed by atoms with Gasteiger partial charge in [-0.15, -0.1) is 24.0 Å². The summed E-state index contributed by atoms with van der Waals surface area (Å²) in [7, 11) is 1.81. The number of hydrogen-bond acceptors (Lipinski definition) is 4. The molecule has 1 N–H and O–H groups in total. The monoisotopic (exact) mass is 509 g/mol. The van der Waals surface area contributed by atoms with Gasteiger partial charge in [-0.2, -0.15) is 0 Å². The first-order valence-corrected chi connectivity index (χ1v) is 11.0. The molecule has 1 aliphatic carbocycles. The third kappa shape index (κ3) is 9.29. The van der Waals surface area contributed by atoms with Gasteiger partial charge in [-0.25, -0.2) is 0 Å². The fourth-order valence-electron chi connectivity index (χ4n) is 4.04. The van der Waals surface area contributed by atoms with Crippen LogP contribution in [0, 0.1) is 5.92 Å². The van der Waals surface area contributed by atoms with E-state index in [1.807, 2.05) is 14.0 Å². The fourth-order valence-corrected chi connectivity index (χ4v) is 4.04. The predicted molar refractivity (Wildman–Crippen MR) is 124 cm³/mol. The highest BCUT2D eigenvalue weighted by atomic mass is 127. The number of guanidine groups is 1. The highest BCUT2D eigenvalue weighted by Crippen LogP contribution is 2.20. The van der Waals surface area contributed by atoms with Gasteiger partial charge in [-0.3, -0.25) is 9.79 Å². The fraction of sp³-hybridized carbons (Fsp3) is 0.905. The molecule has 0 amide bonds. The summed E-state index contributed by atoms with van der Waals surface area (Å²) in [6.45, 7) is 5.70. The van der Waals surface area contributed by atoms with E-state index < -0.39 is 0 Å². The topological polar surface area (TPSA) is 63.2 Å². The number of hydrogen-bond donors (Lipinski definition) is 1. The molecule has 1 heterocycles. The molecule has 6 nitrogen and oxygen atoms in total. The molecule has 2 aliphatic rings. The SMILES string of the molecule is CCOC(=O)C1CCCN(C(=NC)NCCCCOC2CCCCCC2)C1.I. The molecule has 2 fully saturated rings. The Balaban J connectivity index is 0.00000392. The molecule has 1 saturated carbocycles. The second-order valence-corrected chi connectivity index (χ2v) is 7.70. The van der Waals surface area contributed by atoms with E-state index in [0.717, 1.165) is 51.3 Å². The molecule has 0 aromatic rings. The summed E-state index contributed by atoms with van der Waals surface area (Å²) < 4.78 is 11.2. The van der Waals surface area contributed by atoms with Gasteiger partial charge in [-0.1, -0.05) is 25.7 Å². The summed E-state index contributed by atoms with van der Waals surface area (Å²) in [6, 6.07) is 0. The molecule has 0 aromatic heterocycles. The minimum Gasteiger partial charge on any atom is -0.466 e. The third-order valence-corrected chi connectivity index (χ3v) is 5.56. The zero-order valence-electron chi connectivity index (χ0n) is 17.8. The molecule has 7 heteroatoms. The quantitative estimate of drug-likeness (QED) is 0.134. The lowest BCUT2D eigenvalue weighted by atomic mass is 9.98. The first kappa shape index (κ1) is 25.5. The van der Waals surface area contributed by atoms with Crippen molar-refractivity contribution in [3.8, 4) is 0 Å². The largest absolute Gasteiger partial charge is 0.466 e. The average Bonchev–Trinajstić information content (AvgIpc) is 2.96. The molecule has 164 valence electrons. The summed E-state index contributed by atoms with van der Waals surface area (Å²) >= 11 is 0. The normalized spacial score (nSPS) is 21.6. The van der Waals surface area contributed by atoms with E-state index >= 15 is 0 Å². The minimum absolute atomic E-state index is 0. The first-order valence-electron chi connectivity index (χ1n) is 11.0. The van der Waals surface area contributed by atoms with Gasteiger partial charge in [0.15, 0.2) is 5.96 Å². The predicted octanol–water partition coefficient (Wildman–Crippen LogP) is 3.97. The van der Waals surface area contributed by atoms with Crippen molar-refractivity contribution < 1.29 is 14.3 Å². The van der Waals surface area contributed by atoms with Crippen molar-refractivity contribution in [2.24, 2.45) is 10.9 Å². The van der Waals surface area contributed by atoms with Gasteiger partial charge in [0.2, 0.25) is 0 Å². The molecule has 2 rings (SSSR count). The molecule has 0 spiro atoms. The smallest absolute Gasteiger partial charge is 0.310 e. The number of carbonyl (C=O) groups excluding carboxylic acids is 1. The van der Waals surface area contributed by atoms with Crippen LogP contribution in [0.5, 0.6) is 0 Å².